The number of benzene rings is 2. The number of nitrogens with zero attached hydrogens (tertiary/aromatic N) is 4. The largest absolute Gasteiger partial charge is 0.496 e. The Balaban J connectivity index is 1.43. The van der Waals surface area contributed by atoms with Gasteiger partial charge in [0.25, 0.3) is 5.91 Å². The summed E-state index contributed by atoms with van der Waals surface area (Å²) in [5, 5.41) is 12.0. The number of aromatic nitrogens is 3. The van der Waals surface area contributed by atoms with Gasteiger partial charge in [-0.3, -0.25) is 9.59 Å². The van der Waals surface area contributed by atoms with Crippen LogP contribution < -0.4 is 10.1 Å². The van der Waals surface area contributed by atoms with E-state index in [4.69, 9.17) is 4.74 Å². The number of ether oxygens (including phenoxy) is 1. The summed E-state index contributed by atoms with van der Waals surface area (Å²) in [6, 6.07) is 14.4. The Bertz CT molecular complexity index is 1080. The molecule has 0 saturated carbocycles. The fraction of sp³-hybridized carbons (Fsp3) is 0.238. The summed E-state index contributed by atoms with van der Waals surface area (Å²) < 4.78 is 7.11. The van der Waals surface area contributed by atoms with Crippen LogP contribution in [0.1, 0.15) is 10.4 Å². The van der Waals surface area contributed by atoms with E-state index in [0.29, 0.717) is 33.7 Å². The average Bonchev–Trinajstić information content (AvgIpc) is 3.56. The van der Waals surface area contributed by atoms with Crippen molar-refractivity contribution in [1.82, 2.24) is 19.7 Å². The third kappa shape index (κ3) is 4.30. The van der Waals surface area contributed by atoms with Gasteiger partial charge in [-0.2, -0.15) is 0 Å². The van der Waals surface area contributed by atoms with Crippen LogP contribution in [0.5, 0.6) is 5.75 Å². The van der Waals surface area contributed by atoms with Crippen molar-refractivity contribution in [2.45, 2.75) is 5.16 Å². The molecule has 0 aliphatic carbocycles. The summed E-state index contributed by atoms with van der Waals surface area (Å²) >= 11 is 1.38. The number of methoxy groups -OCH3 is 1. The number of para-hydroxylation sites is 1. The van der Waals surface area contributed by atoms with Crippen molar-refractivity contribution in [2.24, 2.45) is 7.05 Å². The van der Waals surface area contributed by atoms with E-state index in [1.54, 1.807) is 23.1 Å². The molecule has 30 heavy (non-hydrogen) atoms. The van der Waals surface area contributed by atoms with E-state index in [1.807, 2.05) is 41.9 Å². The predicted molar refractivity (Wildman–Crippen MR) is 115 cm³/mol. The van der Waals surface area contributed by atoms with Crippen LogP contribution in [0, 0.1) is 0 Å². The molecular weight excluding hydrogens is 402 g/mol. The molecule has 1 aromatic heterocycles. The van der Waals surface area contributed by atoms with Gasteiger partial charge in [0.05, 0.1) is 18.4 Å². The lowest BCUT2D eigenvalue weighted by Gasteiger charge is -2.10. The van der Waals surface area contributed by atoms with Gasteiger partial charge >= 0.3 is 0 Å². The zero-order valence-electron chi connectivity index (χ0n) is 16.7. The van der Waals surface area contributed by atoms with Crippen LogP contribution in [0.3, 0.4) is 0 Å². The summed E-state index contributed by atoms with van der Waals surface area (Å²) in [5.41, 5.74) is 2.00. The Kier molecular flexibility index (Phi) is 5.71. The molecule has 0 bridgehead atoms. The molecule has 0 spiro atoms. The lowest BCUT2D eigenvalue weighted by molar-refractivity contribution is -0.123. The van der Waals surface area contributed by atoms with Gasteiger partial charge in [0.1, 0.15) is 5.75 Å². The molecular formula is C21H21N5O3S. The quantitative estimate of drug-likeness (QED) is 0.464. The SMILES string of the molecule is COc1ccccc1C(=O)Nc1ccc(-c2nnc(SCC(=O)N3CC3)n2C)cc1. The Morgan fingerprint density at radius 1 is 1.10 bits per heavy atom. The van der Waals surface area contributed by atoms with E-state index in [0.717, 1.165) is 18.7 Å². The smallest absolute Gasteiger partial charge is 0.259 e. The Morgan fingerprint density at radius 2 is 1.83 bits per heavy atom. The number of nitrogens with one attached hydrogen (secondary N) is 1. The summed E-state index contributed by atoms with van der Waals surface area (Å²) in [6.07, 6.45) is 0. The van der Waals surface area contributed by atoms with E-state index < -0.39 is 0 Å². The van der Waals surface area contributed by atoms with Crippen LogP contribution in [0.25, 0.3) is 11.4 Å². The van der Waals surface area contributed by atoms with Gasteiger partial charge in [-0.05, 0) is 36.4 Å². The third-order valence-corrected chi connectivity index (χ3v) is 5.72. The molecule has 8 nitrogen and oxygen atoms in total. The van der Waals surface area contributed by atoms with Crippen molar-refractivity contribution in [2.75, 3.05) is 31.3 Å². The molecule has 154 valence electrons. The maximum absolute atomic E-state index is 12.5. The molecule has 2 heterocycles. The second-order valence-electron chi connectivity index (χ2n) is 6.77. The summed E-state index contributed by atoms with van der Waals surface area (Å²) in [7, 11) is 3.41. The number of anilines is 1. The van der Waals surface area contributed by atoms with Gasteiger partial charge in [0, 0.05) is 31.4 Å². The zero-order valence-corrected chi connectivity index (χ0v) is 17.5. The normalized spacial score (nSPS) is 12.5. The monoisotopic (exact) mass is 423 g/mol. The lowest BCUT2D eigenvalue weighted by atomic mass is 10.1. The van der Waals surface area contributed by atoms with Crippen molar-refractivity contribution in [3.8, 4) is 17.1 Å². The number of carbonyl (C=O) groups is 2. The Hall–Kier alpha value is -3.33. The van der Waals surface area contributed by atoms with Crippen molar-refractivity contribution in [3.05, 3.63) is 54.1 Å². The minimum atomic E-state index is -0.242. The molecule has 0 radical (unpaired) electrons. The van der Waals surface area contributed by atoms with E-state index in [9.17, 15) is 9.59 Å². The minimum Gasteiger partial charge on any atom is -0.496 e. The van der Waals surface area contributed by atoms with Crippen LogP contribution in [-0.4, -0.2) is 57.4 Å². The molecule has 1 aliphatic heterocycles. The molecule has 0 unspecified atom stereocenters. The molecule has 1 aliphatic rings. The zero-order chi connectivity index (χ0) is 21.1. The standard InChI is InChI=1S/C21H21N5O3S/c1-25-19(23-24-21(25)30-13-18(27)26-11-12-26)14-7-9-15(10-8-14)22-20(28)16-5-3-4-6-17(16)29-2/h3-10H,11-13H2,1-2H3,(H,22,28). The van der Waals surface area contributed by atoms with E-state index in [-0.39, 0.29) is 11.8 Å². The minimum absolute atomic E-state index is 0.125. The average molecular weight is 423 g/mol. The number of amides is 2. The van der Waals surface area contributed by atoms with Crippen LogP contribution in [0.4, 0.5) is 5.69 Å². The highest BCUT2D eigenvalue weighted by Gasteiger charge is 2.24. The van der Waals surface area contributed by atoms with E-state index in [1.165, 1.54) is 18.9 Å². The predicted octanol–water partition coefficient (Wildman–Crippen LogP) is 2.68. The number of hydrogen-bond acceptors (Lipinski definition) is 6. The molecule has 1 saturated heterocycles. The molecule has 2 amide bonds. The van der Waals surface area contributed by atoms with Crippen LogP contribution in [-0.2, 0) is 11.8 Å². The maximum atomic E-state index is 12.5. The molecule has 1 fully saturated rings. The highest BCUT2D eigenvalue weighted by molar-refractivity contribution is 7.99. The van der Waals surface area contributed by atoms with Crippen molar-refractivity contribution >= 4 is 29.3 Å². The Morgan fingerprint density at radius 3 is 2.53 bits per heavy atom. The lowest BCUT2D eigenvalue weighted by Crippen LogP contribution is -2.13. The highest BCUT2D eigenvalue weighted by atomic mass is 32.2. The number of hydrogen-bond donors (Lipinski definition) is 1. The van der Waals surface area contributed by atoms with E-state index in [2.05, 4.69) is 15.5 Å². The highest BCUT2D eigenvalue weighted by Crippen LogP contribution is 2.25. The summed E-state index contributed by atoms with van der Waals surface area (Å²) in [5.74, 6) is 1.46. The van der Waals surface area contributed by atoms with E-state index >= 15 is 0 Å². The van der Waals surface area contributed by atoms with Gasteiger partial charge < -0.3 is 19.5 Å². The van der Waals surface area contributed by atoms with Crippen molar-refractivity contribution in [3.63, 3.8) is 0 Å². The molecule has 2 aromatic carbocycles. The second-order valence-corrected chi connectivity index (χ2v) is 7.71. The van der Waals surface area contributed by atoms with Gasteiger partial charge in [-0.1, -0.05) is 23.9 Å². The first-order valence-electron chi connectivity index (χ1n) is 9.41. The maximum Gasteiger partial charge on any atom is 0.259 e. The fourth-order valence-electron chi connectivity index (χ4n) is 2.94. The first-order valence-corrected chi connectivity index (χ1v) is 10.4. The van der Waals surface area contributed by atoms with Crippen molar-refractivity contribution < 1.29 is 14.3 Å². The number of carbonyl (C=O) groups excluding carboxylic acids is 2. The summed E-state index contributed by atoms with van der Waals surface area (Å²) in [6.45, 7) is 1.70. The second kappa shape index (κ2) is 8.58. The van der Waals surface area contributed by atoms with Gasteiger partial charge in [0.2, 0.25) is 5.91 Å². The topological polar surface area (TPSA) is 89.1 Å². The van der Waals surface area contributed by atoms with Gasteiger partial charge in [-0.25, -0.2) is 0 Å². The molecule has 3 aromatic rings. The van der Waals surface area contributed by atoms with Crippen LogP contribution in [0.2, 0.25) is 0 Å². The van der Waals surface area contributed by atoms with Crippen molar-refractivity contribution in [1.29, 1.82) is 0 Å². The van der Waals surface area contributed by atoms with Gasteiger partial charge in [0.15, 0.2) is 11.0 Å². The molecule has 9 heteroatoms. The fourth-order valence-corrected chi connectivity index (χ4v) is 3.76. The van der Waals surface area contributed by atoms with Crippen LogP contribution in [0.15, 0.2) is 53.7 Å². The molecule has 4 rings (SSSR count). The summed E-state index contributed by atoms with van der Waals surface area (Å²) in [4.78, 5) is 26.2. The van der Waals surface area contributed by atoms with Crippen LogP contribution >= 0.6 is 11.8 Å². The number of thioether (sulfide) groups is 1. The molecule has 1 N–H and O–H groups in total. The first-order chi connectivity index (χ1) is 14.6. The Labute approximate surface area is 178 Å². The molecule has 0 atom stereocenters. The van der Waals surface area contributed by atoms with Gasteiger partial charge in [-0.15, -0.1) is 10.2 Å². The first kappa shape index (κ1) is 20.0. The number of rotatable bonds is 7. The third-order valence-electron chi connectivity index (χ3n) is 4.71.